The van der Waals surface area contributed by atoms with Gasteiger partial charge >= 0.3 is 0 Å². The quantitative estimate of drug-likeness (QED) is 0.710. The zero-order valence-electron chi connectivity index (χ0n) is 20.5. The molecule has 1 aromatic carbocycles. The van der Waals surface area contributed by atoms with Gasteiger partial charge in [-0.2, -0.15) is 0 Å². The summed E-state index contributed by atoms with van der Waals surface area (Å²) >= 11 is 0. The molecule has 2 aliphatic heterocycles. The zero-order chi connectivity index (χ0) is 23.8. The van der Waals surface area contributed by atoms with Gasteiger partial charge in [0.15, 0.2) is 0 Å². The molecule has 0 bridgehead atoms. The van der Waals surface area contributed by atoms with Crippen molar-refractivity contribution < 1.29 is 14.0 Å². The Morgan fingerprint density at radius 2 is 1.85 bits per heavy atom. The van der Waals surface area contributed by atoms with Crippen LogP contribution >= 0.6 is 0 Å². The van der Waals surface area contributed by atoms with Crippen LogP contribution in [0.1, 0.15) is 62.4 Å². The Bertz CT molecular complexity index is 992. The normalized spacial score (nSPS) is 22.6. The molecule has 0 N–H and O–H groups in total. The van der Waals surface area contributed by atoms with Crippen molar-refractivity contribution in [2.45, 2.75) is 58.5 Å². The summed E-state index contributed by atoms with van der Waals surface area (Å²) in [6, 6.07) is 7.98. The van der Waals surface area contributed by atoms with Crippen LogP contribution in [-0.2, 0) is 21.5 Å². The fourth-order valence-electron chi connectivity index (χ4n) is 4.82. The van der Waals surface area contributed by atoms with Crippen molar-refractivity contribution >= 4 is 11.8 Å². The number of aryl methyl sites for hydroxylation is 1. The fraction of sp³-hybridized carbons (Fsp3) is 0.577. The smallest absolute Gasteiger partial charge is 0.228 e. The lowest BCUT2D eigenvalue weighted by molar-refractivity contribution is -0.136. The van der Waals surface area contributed by atoms with E-state index in [0.29, 0.717) is 19.6 Å². The fourth-order valence-corrected chi connectivity index (χ4v) is 4.82. The second kappa shape index (κ2) is 9.29. The maximum atomic E-state index is 13.6. The molecule has 0 saturated carbocycles. The summed E-state index contributed by atoms with van der Waals surface area (Å²) < 4.78 is 5.97. The van der Waals surface area contributed by atoms with Crippen molar-refractivity contribution in [3.8, 4) is 0 Å². The minimum absolute atomic E-state index is 0.0360. The van der Waals surface area contributed by atoms with Crippen molar-refractivity contribution in [1.82, 2.24) is 19.7 Å². The molecule has 7 heteroatoms. The number of hydrogen-bond acceptors (Lipinski definition) is 5. The molecule has 2 saturated heterocycles. The lowest BCUT2D eigenvalue weighted by Gasteiger charge is -2.29. The van der Waals surface area contributed by atoms with Crippen LogP contribution in [0, 0.1) is 12.8 Å². The average molecular weight is 453 g/mol. The largest absolute Gasteiger partial charge is 0.444 e. The lowest BCUT2D eigenvalue weighted by atomic mass is 9.92. The van der Waals surface area contributed by atoms with Crippen molar-refractivity contribution in [2.75, 3.05) is 33.2 Å². The molecule has 3 heterocycles. The molecule has 2 aromatic rings. The number of nitrogens with zero attached hydrogens (tertiary/aromatic N) is 4. The second-order valence-corrected chi connectivity index (χ2v) is 10.5. The number of benzene rings is 1. The summed E-state index contributed by atoms with van der Waals surface area (Å²) in [5.74, 6) is 1.40. The molecule has 2 amide bonds. The summed E-state index contributed by atoms with van der Waals surface area (Å²) in [5, 5.41) is 0. The third kappa shape index (κ3) is 5.13. The Hall–Kier alpha value is -2.67. The van der Waals surface area contributed by atoms with E-state index >= 15 is 0 Å². The Balaban J connectivity index is 1.42. The highest BCUT2D eigenvalue weighted by molar-refractivity contribution is 5.90. The number of amides is 2. The van der Waals surface area contributed by atoms with E-state index in [9.17, 15) is 9.59 Å². The SMILES string of the molecule is Cc1ccc(C2C(C(=O)N3CCCN(Cc4ncc(C(C)(C)C)o4)CC3)CC(=O)N2C)cc1. The van der Waals surface area contributed by atoms with Crippen LogP contribution in [0.5, 0.6) is 0 Å². The average Bonchev–Trinajstić information content (AvgIpc) is 3.27. The van der Waals surface area contributed by atoms with Crippen LogP contribution in [0.15, 0.2) is 34.9 Å². The van der Waals surface area contributed by atoms with E-state index in [-0.39, 0.29) is 35.6 Å². The number of likely N-dealkylation sites (tertiary alicyclic amines) is 1. The van der Waals surface area contributed by atoms with Crippen LogP contribution < -0.4 is 0 Å². The highest BCUT2D eigenvalue weighted by Crippen LogP contribution is 2.38. The van der Waals surface area contributed by atoms with Gasteiger partial charge in [-0.05, 0) is 18.9 Å². The van der Waals surface area contributed by atoms with E-state index in [4.69, 9.17) is 4.42 Å². The van der Waals surface area contributed by atoms with Gasteiger partial charge in [0.05, 0.1) is 24.7 Å². The first-order chi connectivity index (χ1) is 15.6. The van der Waals surface area contributed by atoms with Gasteiger partial charge in [-0.3, -0.25) is 14.5 Å². The molecule has 0 spiro atoms. The molecular formula is C26H36N4O3. The van der Waals surface area contributed by atoms with Gasteiger partial charge < -0.3 is 14.2 Å². The highest BCUT2D eigenvalue weighted by atomic mass is 16.4. The molecule has 2 unspecified atom stereocenters. The van der Waals surface area contributed by atoms with Crippen LogP contribution in [0.25, 0.3) is 0 Å². The van der Waals surface area contributed by atoms with Gasteiger partial charge in [-0.15, -0.1) is 0 Å². The van der Waals surface area contributed by atoms with E-state index in [0.717, 1.165) is 36.7 Å². The molecule has 0 radical (unpaired) electrons. The molecule has 0 aliphatic carbocycles. The standard InChI is InChI=1S/C26H36N4O3/c1-18-7-9-19(10-8-18)24-20(15-23(31)28(24)5)25(32)30-12-6-11-29(13-14-30)17-22-27-16-21(33-22)26(2,3)4/h7-10,16,20,24H,6,11-15,17H2,1-5H3. The highest BCUT2D eigenvalue weighted by Gasteiger charge is 2.44. The van der Waals surface area contributed by atoms with Gasteiger partial charge in [0, 0.05) is 45.1 Å². The van der Waals surface area contributed by atoms with Crippen molar-refractivity contribution in [3.05, 3.63) is 53.2 Å². The molecule has 4 rings (SSSR count). The zero-order valence-corrected chi connectivity index (χ0v) is 20.5. The molecule has 1 aromatic heterocycles. The van der Waals surface area contributed by atoms with Crippen LogP contribution in [0.3, 0.4) is 0 Å². The predicted octanol–water partition coefficient (Wildman–Crippen LogP) is 3.53. The third-order valence-corrected chi connectivity index (χ3v) is 6.87. The third-order valence-electron chi connectivity index (χ3n) is 6.87. The number of hydrogen-bond donors (Lipinski definition) is 0. The molecule has 2 aliphatic rings. The summed E-state index contributed by atoms with van der Waals surface area (Å²) in [5.41, 5.74) is 2.14. The minimum Gasteiger partial charge on any atom is -0.444 e. The van der Waals surface area contributed by atoms with Crippen LogP contribution in [-0.4, -0.2) is 64.7 Å². The molecule has 33 heavy (non-hydrogen) atoms. The maximum Gasteiger partial charge on any atom is 0.228 e. The Morgan fingerprint density at radius 3 is 2.52 bits per heavy atom. The number of aromatic nitrogens is 1. The lowest BCUT2D eigenvalue weighted by Crippen LogP contribution is -2.40. The Morgan fingerprint density at radius 1 is 1.12 bits per heavy atom. The van der Waals surface area contributed by atoms with Crippen LogP contribution in [0.4, 0.5) is 0 Å². The monoisotopic (exact) mass is 452 g/mol. The van der Waals surface area contributed by atoms with E-state index in [1.807, 2.05) is 49.3 Å². The summed E-state index contributed by atoms with van der Waals surface area (Å²) in [6.07, 6.45) is 2.99. The Kier molecular flexibility index (Phi) is 6.61. The molecule has 178 valence electrons. The van der Waals surface area contributed by atoms with Crippen molar-refractivity contribution in [3.63, 3.8) is 0 Å². The minimum atomic E-state index is -0.335. The van der Waals surface area contributed by atoms with E-state index in [2.05, 4.69) is 30.7 Å². The molecule has 2 atom stereocenters. The first kappa shape index (κ1) is 23.5. The topological polar surface area (TPSA) is 69.9 Å². The van der Waals surface area contributed by atoms with E-state index in [1.165, 1.54) is 5.56 Å². The Labute approximate surface area is 196 Å². The van der Waals surface area contributed by atoms with Crippen LogP contribution in [0.2, 0.25) is 0 Å². The van der Waals surface area contributed by atoms with Gasteiger partial charge in [-0.25, -0.2) is 4.98 Å². The molecule has 2 fully saturated rings. The first-order valence-electron chi connectivity index (χ1n) is 11.9. The maximum absolute atomic E-state index is 13.6. The number of carbonyl (C=O) groups is 2. The number of carbonyl (C=O) groups excluding carboxylic acids is 2. The number of oxazole rings is 1. The van der Waals surface area contributed by atoms with Crippen molar-refractivity contribution in [1.29, 1.82) is 0 Å². The van der Waals surface area contributed by atoms with Crippen molar-refractivity contribution in [2.24, 2.45) is 5.92 Å². The number of rotatable bonds is 4. The molecule has 7 nitrogen and oxygen atoms in total. The van der Waals surface area contributed by atoms with E-state index in [1.54, 1.807) is 4.90 Å². The van der Waals surface area contributed by atoms with Gasteiger partial charge in [0.2, 0.25) is 17.7 Å². The van der Waals surface area contributed by atoms with Gasteiger partial charge in [0.1, 0.15) is 5.76 Å². The second-order valence-electron chi connectivity index (χ2n) is 10.5. The predicted molar refractivity (Wildman–Crippen MR) is 126 cm³/mol. The first-order valence-corrected chi connectivity index (χ1v) is 11.9. The molecular weight excluding hydrogens is 416 g/mol. The summed E-state index contributed by atoms with van der Waals surface area (Å²) in [7, 11) is 1.81. The summed E-state index contributed by atoms with van der Waals surface area (Å²) in [4.78, 5) is 36.6. The van der Waals surface area contributed by atoms with E-state index < -0.39 is 0 Å². The van der Waals surface area contributed by atoms with Gasteiger partial charge in [0.25, 0.3) is 0 Å². The van der Waals surface area contributed by atoms with Gasteiger partial charge in [-0.1, -0.05) is 50.6 Å². The summed E-state index contributed by atoms with van der Waals surface area (Å²) in [6.45, 7) is 12.1.